The summed E-state index contributed by atoms with van der Waals surface area (Å²) in [5.74, 6) is 2.61. The van der Waals surface area contributed by atoms with Crippen LogP contribution in [0.15, 0.2) is 0 Å². The highest BCUT2D eigenvalue weighted by Crippen LogP contribution is 2.68. The van der Waals surface area contributed by atoms with Gasteiger partial charge in [-0.05, 0) is 104 Å². The maximum absolute atomic E-state index is 11.1. The van der Waals surface area contributed by atoms with Gasteiger partial charge in [-0.3, -0.25) is 4.79 Å². The van der Waals surface area contributed by atoms with Crippen molar-refractivity contribution in [1.82, 2.24) is 0 Å². The third kappa shape index (κ3) is 3.14. The van der Waals surface area contributed by atoms with Crippen molar-refractivity contribution in [2.75, 3.05) is 0 Å². The molecule has 4 nitrogen and oxygen atoms in total. The summed E-state index contributed by atoms with van der Waals surface area (Å²) in [6.45, 7) is 7.16. The van der Waals surface area contributed by atoms with Crippen molar-refractivity contribution in [1.29, 1.82) is 0 Å². The molecule has 0 spiro atoms. The van der Waals surface area contributed by atoms with Gasteiger partial charge in [0.15, 0.2) is 0 Å². The number of rotatable bonds is 4. The average Bonchev–Trinajstić information content (AvgIpc) is 2.99. The Labute approximate surface area is 170 Å². The van der Waals surface area contributed by atoms with Crippen molar-refractivity contribution in [2.45, 2.75) is 97.2 Å². The summed E-state index contributed by atoms with van der Waals surface area (Å²) in [7, 11) is 0. The molecule has 3 N–H and O–H groups in total. The first-order chi connectivity index (χ1) is 13.2. The molecule has 0 aromatic rings. The van der Waals surface area contributed by atoms with Crippen LogP contribution in [0.5, 0.6) is 0 Å². The van der Waals surface area contributed by atoms with E-state index in [9.17, 15) is 15.0 Å². The molecule has 0 aromatic heterocycles. The van der Waals surface area contributed by atoms with Gasteiger partial charge in [-0.2, -0.15) is 0 Å². The van der Waals surface area contributed by atoms with Crippen LogP contribution in [-0.2, 0) is 4.79 Å². The highest BCUT2D eigenvalue weighted by atomic mass is 16.4. The summed E-state index contributed by atoms with van der Waals surface area (Å²) >= 11 is 0. The number of fused-ring (bicyclic) bond motifs is 5. The molecule has 0 saturated heterocycles. The summed E-state index contributed by atoms with van der Waals surface area (Å²) in [6.07, 6.45) is 9.16. The third-order valence-electron chi connectivity index (χ3n) is 10.2. The van der Waals surface area contributed by atoms with Gasteiger partial charge in [-0.1, -0.05) is 20.8 Å². The van der Waals surface area contributed by atoms with E-state index in [0.29, 0.717) is 35.0 Å². The van der Waals surface area contributed by atoms with Crippen molar-refractivity contribution in [2.24, 2.45) is 46.3 Å². The number of carbonyl (C=O) groups is 1. The Kier molecular flexibility index (Phi) is 5.36. The number of aliphatic carboxylic acids is 1. The van der Waals surface area contributed by atoms with Gasteiger partial charge in [0, 0.05) is 6.42 Å². The van der Waals surface area contributed by atoms with Crippen molar-refractivity contribution >= 4 is 5.97 Å². The highest BCUT2D eigenvalue weighted by Gasteiger charge is 2.62. The van der Waals surface area contributed by atoms with Gasteiger partial charge >= 0.3 is 5.97 Å². The van der Waals surface area contributed by atoms with E-state index in [4.69, 9.17) is 5.11 Å². The maximum atomic E-state index is 11.1. The summed E-state index contributed by atoms with van der Waals surface area (Å²) < 4.78 is 0. The molecule has 1 unspecified atom stereocenters. The van der Waals surface area contributed by atoms with Crippen LogP contribution in [0, 0.1) is 46.3 Å². The Bertz CT molecular complexity index is 605. The van der Waals surface area contributed by atoms with Crippen LogP contribution in [-0.4, -0.2) is 33.5 Å². The van der Waals surface area contributed by atoms with E-state index in [2.05, 4.69) is 20.8 Å². The van der Waals surface area contributed by atoms with Crippen LogP contribution in [0.2, 0.25) is 0 Å². The molecule has 4 heteroatoms. The van der Waals surface area contributed by atoms with Gasteiger partial charge in [-0.25, -0.2) is 0 Å². The van der Waals surface area contributed by atoms with E-state index in [-0.39, 0.29) is 30.0 Å². The zero-order valence-corrected chi connectivity index (χ0v) is 17.9. The number of carboxylic acid groups (broad SMARTS) is 1. The van der Waals surface area contributed by atoms with E-state index < -0.39 is 5.97 Å². The molecule has 0 bridgehead atoms. The second-order valence-corrected chi connectivity index (χ2v) is 11.4. The first-order valence-electron chi connectivity index (χ1n) is 11.7. The fourth-order valence-electron chi connectivity index (χ4n) is 8.81. The molecule has 4 saturated carbocycles. The molecule has 4 fully saturated rings. The van der Waals surface area contributed by atoms with Gasteiger partial charge in [0.2, 0.25) is 0 Å². The first kappa shape index (κ1) is 20.7. The van der Waals surface area contributed by atoms with Crippen LogP contribution in [0.3, 0.4) is 0 Å². The fourth-order valence-corrected chi connectivity index (χ4v) is 8.81. The molecule has 0 aromatic carbocycles. The Morgan fingerprint density at radius 2 is 1.64 bits per heavy atom. The molecule has 4 aliphatic rings. The lowest BCUT2D eigenvalue weighted by Crippen LogP contribution is -2.58. The lowest BCUT2D eigenvalue weighted by atomic mass is 9.44. The quantitative estimate of drug-likeness (QED) is 0.659. The average molecular weight is 393 g/mol. The summed E-state index contributed by atoms with van der Waals surface area (Å²) in [5, 5.41) is 30.4. The van der Waals surface area contributed by atoms with Crippen LogP contribution in [0.4, 0.5) is 0 Å². The molecule has 0 radical (unpaired) electrons. The minimum atomic E-state index is -0.677. The normalized spacial score (nSPS) is 51.7. The monoisotopic (exact) mass is 392 g/mol. The molecule has 4 rings (SSSR count). The fraction of sp³-hybridized carbons (Fsp3) is 0.958. The van der Waals surface area contributed by atoms with E-state index in [0.717, 1.165) is 32.1 Å². The maximum Gasteiger partial charge on any atom is 0.303 e. The van der Waals surface area contributed by atoms with E-state index in [1.807, 2.05) is 0 Å². The summed E-state index contributed by atoms with van der Waals surface area (Å²) in [4.78, 5) is 11.1. The van der Waals surface area contributed by atoms with Gasteiger partial charge in [0.1, 0.15) is 0 Å². The van der Waals surface area contributed by atoms with Crippen LogP contribution < -0.4 is 0 Å². The highest BCUT2D eigenvalue weighted by molar-refractivity contribution is 5.66. The SMILES string of the molecule is C[C@H](CCC(=O)O)C1CC[C@H]2[C@@H]3C[C@@H](O)[C@@H]4C[C@@H](O)CC[C@]4(C)[C@H]3CC[C@@]12C. The lowest BCUT2D eigenvalue weighted by Gasteiger charge is -2.62. The van der Waals surface area contributed by atoms with Gasteiger partial charge in [-0.15, -0.1) is 0 Å². The lowest BCUT2D eigenvalue weighted by molar-refractivity contribution is -0.172. The van der Waals surface area contributed by atoms with Crippen LogP contribution in [0.1, 0.15) is 85.0 Å². The second-order valence-electron chi connectivity index (χ2n) is 11.4. The Balaban J connectivity index is 1.55. The van der Waals surface area contributed by atoms with E-state index in [1.54, 1.807) is 0 Å². The standard InChI is InChI=1S/C24H40O4/c1-14(4-7-22(27)28)17-5-6-18-16-13-21(26)20-12-15(25)8-10-24(20,3)19(16)9-11-23(17,18)2/h14-21,25-26H,4-13H2,1-3H3,(H,27,28)/t14-,15+,16+,17?,18+,19+,20+,21-,23+,24-/m1/s1. The third-order valence-corrected chi connectivity index (χ3v) is 10.2. The zero-order chi connectivity index (χ0) is 20.3. The predicted octanol–water partition coefficient (Wildman–Crippen LogP) is 4.48. The molecule has 160 valence electrons. The molecular weight excluding hydrogens is 352 g/mol. The largest absolute Gasteiger partial charge is 0.481 e. The number of aliphatic hydroxyl groups excluding tert-OH is 2. The van der Waals surface area contributed by atoms with E-state index >= 15 is 0 Å². The second kappa shape index (κ2) is 7.27. The molecule has 0 heterocycles. The number of hydrogen-bond donors (Lipinski definition) is 3. The molecule has 0 aliphatic heterocycles. The van der Waals surface area contributed by atoms with Crippen molar-refractivity contribution in [3.05, 3.63) is 0 Å². The Morgan fingerprint density at radius 3 is 2.36 bits per heavy atom. The van der Waals surface area contributed by atoms with Gasteiger partial charge < -0.3 is 15.3 Å². The topological polar surface area (TPSA) is 77.8 Å². The zero-order valence-electron chi connectivity index (χ0n) is 17.9. The predicted molar refractivity (Wildman–Crippen MR) is 109 cm³/mol. The van der Waals surface area contributed by atoms with Gasteiger partial charge in [0.05, 0.1) is 12.2 Å². The molecule has 10 atom stereocenters. The minimum absolute atomic E-state index is 0.176. The molecule has 4 aliphatic carbocycles. The number of carboxylic acids is 1. The van der Waals surface area contributed by atoms with Crippen molar-refractivity contribution in [3.8, 4) is 0 Å². The number of aliphatic hydroxyl groups is 2. The molecule has 0 amide bonds. The number of hydrogen-bond acceptors (Lipinski definition) is 3. The minimum Gasteiger partial charge on any atom is -0.481 e. The van der Waals surface area contributed by atoms with Crippen molar-refractivity contribution < 1.29 is 20.1 Å². The molecule has 28 heavy (non-hydrogen) atoms. The van der Waals surface area contributed by atoms with Crippen molar-refractivity contribution in [3.63, 3.8) is 0 Å². The smallest absolute Gasteiger partial charge is 0.303 e. The van der Waals surface area contributed by atoms with Crippen LogP contribution >= 0.6 is 0 Å². The van der Waals surface area contributed by atoms with Gasteiger partial charge in [0.25, 0.3) is 0 Å². The summed E-state index contributed by atoms with van der Waals surface area (Å²) in [5.41, 5.74) is 0.478. The van der Waals surface area contributed by atoms with E-state index in [1.165, 1.54) is 25.7 Å². The Hall–Kier alpha value is -0.610. The van der Waals surface area contributed by atoms with Crippen LogP contribution in [0.25, 0.3) is 0 Å². The summed E-state index contributed by atoms with van der Waals surface area (Å²) in [6, 6.07) is 0. The molecular formula is C24H40O4. The first-order valence-corrected chi connectivity index (χ1v) is 11.7. The Morgan fingerprint density at radius 1 is 0.964 bits per heavy atom.